The zero-order chi connectivity index (χ0) is 19.7. The van der Waals surface area contributed by atoms with Crippen LogP contribution in [0.3, 0.4) is 0 Å². The zero-order valence-corrected chi connectivity index (χ0v) is 16.0. The lowest BCUT2D eigenvalue weighted by atomic mass is 10.1. The predicted molar refractivity (Wildman–Crippen MR) is 97.4 cm³/mol. The summed E-state index contributed by atoms with van der Waals surface area (Å²) < 4.78 is 36.3. The fourth-order valence-electron chi connectivity index (χ4n) is 1.87. The van der Waals surface area contributed by atoms with E-state index in [9.17, 15) is 19.0 Å². The van der Waals surface area contributed by atoms with E-state index in [1.165, 1.54) is 38.4 Å². The molecule has 0 fully saturated rings. The molecule has 26 heavy (non-hydrogen) atoms. The molecule has 1 amide bonds. The molecular weight excluding hydrogens is 362 g/mol. The minimum atomic E-state index is -4.23. The maximum absolute atomic E-state index is 14.4. The average molecular weight is 384 g/mol. The number of amides is 1. The smallest absolute Gasteiger partial charge is 0.369 e. The first kappa shape index (κ1) is 21.8. The molecule has 0 saturated heterocycles. The number of carbonyl (C=O) groups excluding carboxylic acids is 1. The van der Waals surface area contributed by atoms with Crippen molar-refractivity contribution in [2.75, 3.05) is 32.6 Å². The van der Waals surface area contributed by atoms with Crippen molar-refractivity contribution < 1.29 is 22.8 Å². The Morgan fingerprint density at radius 3 is 2.54 bits per heavy atom. The van der Waals surface area contributed by atoms with Crippen LogP contribution < -0.4 is 5.32 Å². The van der Waals surface area contributed by atoms with E-state index in [1.807, 2.05) is 6.07 Å². The number of anilines is 1. The number of benzene rings is 1. The van der Waals surface area contributed by atoms with Crippen molar-refractivity contribution in [3.63, 3.8) is 0 Å². The number of nitrogens with one attached hydrogen (secondary N) is 1. The topological polar surface area (TPSA) is 104 Å². The van der Waals surface area contributed by atoms with Crippen molar-refractivity contribution >= 4 is 31.2 Å². The van der Waals surface area contributed by atoms with Crippen LogP contribution in [0.2, 0.25) is 0 Å². The van der Waals surface area contributed by atoms with E-state index < -0.39 is 19.4 Å². The van der Waals surface area contributed by atoms with Crippen LogP contribution in [0.25, 0.3) is 0 Å². The van der Waals surface area contributed by atoms with Crippen LogP contribution in [0.15, 0.2) is 23.2 Å². The molecule has 0 saturated carbocycles. The van der Waals surface area contributed by atoms with E-state index in [-0.39, 0.29) is 24.5 Å². The van der Waals surface area contributed by atoms with Gasteiger partial charge in [-0.15, -0.1) is 0 Å². The number of nitrogens with zero attached hydrogens (tertiary/aromatic N) is 3. The van der Waals surface area contributed by atoms with Crippen LogP contribution in [-0.2, 0) is 18.4 Å². The second-order valence-corrected chi connectivity index (χ2v) is 7.30. The summed E-state index contributed by atoms with van der Waals surface area (Å²) in [5.41, 5.74) is 0.747. The Labute approximate surface area is 152 Å². The van der Waals surface area contributed by atoms with Gasteiger partial charge in [0, 0.05) is 19.8 Å². The highest BCUT2D eigenvalue weighted by Crippen LogP contribution is 2.53. The highest BCUT2D eigenvalue weighted by atomic mass is 31.2. The molecule has 142 valence electrons. The molecule has 0 aliphatic carbocycles. The summed E-state index contributed by atoms with van der Waals surface area (Å²) in [7, 11) is -0.670. The van der Waals surface area contributed by atoms with Gasteiger partial charge < -0.3 is 19.3 Å². The normalized spacial score (nSPS) is 12.6. The van der Waals surface area contributed by atoms with Crippen molar-refractivity contribution in [2.45, 2.75) is 19.8 Å². The summed E-state index contributed by atoms with van der Waals surface area (Å²) in [5.74, 6) is -3.66. The Morgan fingerprint density at radius 1 is 1.42 bits per heavy atom. The molecule has 1 atom stereocenters. The Hall–Kier alpha value is -2.27. The van der Waals surface area contributed by atoms with Gasteiger partial charge in [0.25, 0.3) is 11.8 Å². The molecule has 1 unspecified atom stereocenters. The lowest BCUT2D eigenvalue weighted by Gasteiger charge is -2.20. The number of hydrogen-bond acceptors (Lipinski definition) is 6. The van der Waals surface area contributed by atoms with E-state index >= 15 is 0 Å². The average Bonchev–Trinajstić information content (AvgIpc) is 2.60. The highest BCUT2D eigenvalue weighted by Gasteiger charge is 2.41. The second-order valence-electron chi connectivity index (χ2n) is 5.25. The molecule has 0 aliphatic rings. The molecule has 10 heteroatoms. The van der Waals surface area contributed by atoms with Gasteiger partial charge in [-0.2, -0.15) is 5.26 Å². The van der Waals surface area contributed by atoms with Gasteiger partial charge in [0.15, 0.2) is 0 Å². The predicted octanol–water partition coefficient (Wildman–Crippen LogP) is 3.28. The third kappa shape index (κ3) is 5.92. The molecule has 1 aromatic carbocycles. The summed E-state index contributed by atoms with van der Waals surface area (Å²) >= 11 is 0. The largest absolute Gasteiger partial charge is 0.374 e. The molecule has 1 N–H and O–H groups in total. The number of aliphatic imine (C=N–C) groups is 1. The minimum Gasteiger partial charge on any atom is -0.369 e. The van der Waals surface area contributed by atoms with Gasteiger partial charge in [-0.05, 0) is 32.0 Å². The van der Waals surface area contributed by atoms with Crippen molar-refractivity contribution in [1.82, 2.24) is 4.90 Å². The SMILES string of the molecule is CCOP(=O)(OCC)C(F)C(=O)Nc1ccc(N=CN(C)C)c(C#N)c1. The van der Waals surface area contributed by atoms with Crippen LogP contribution in [0, 0.1) is 11.3 Å². The highest BCUT2D eigenvalue weighted by molar-refractivity contribution is 7.55. The maximum atomic E-state index is 14.4. The Kier molecular flexibility index (Phi) is 8.39. The summed E-state index contributed by atoms with van der Waals surface area (Å²) in [5, 5.41) is 11.5. The van der Waals surface area contributed by atoms with Gasteiger partial charge in [0.1, 0.15) is 6.07 Å². The van der Waals surface area contributed by atoms with Crippen LogP contribution in [0.4, 0.5) is 15.8 Å². The number of alkyl halides is 1. The van der Waals surface area contributed by atoms with Crippen LogP contribution >= 0.6 is 7.60 Å². The molecule has 1 rings (SSSR count). The van der Waals surface area contributed by atoms with Crippen molar-refractivity contribution in [1.29, 1.82) is 5.26 Å². The quantitative estimate of drug-likeness (QED) is 0.398. The first-order valence-corrected chi connectivity index (χ1v) is 9.47. The lowest BCUT2D eigenvalue weighted by Crippen LogP contribution is -2.26. The van der Waals surface area contributed by atoms with Crippen molar-refractivity contribution in [3.8, 4) is 6.07 Å². The lowest BCUT2D eigenvalue weighted by molar-refractivity contribution is -0.118. The third-order valence-electron chi connectivity index (χ3n) is 2.92. The molecule has 8 nitrogen and oxygen atoms in total. The number of nitriles is 1. The number of carbonyl (C=O) groups is 1. The Bertz CT molecular complexity index is 738. The van der Waals surface area contributed by atoms with E-state index in [0.717, 1.165) is 0 Å². The van der Waals surface area contributed by atoms with E-state index in [0.29, 0.717) is 5.69 Å². The number of halogens is 1. The van der Waals surface area contributed by atoms with Crippen molar-refractivity contribution in [2.24, 2.45) is 4.99 Å². The molecule has 0 aliphatic heterocycles. The van der Waals surface area contributed by atoms with Gasteiger partial charge in [-0.3, -0.25) is 9.36 Å². The summed E-state index contributed by atoms with van der Waals surface area (Å²) in [4.78, 5) is 17.9. The van der Waals surface area contributed by atoms with Gasteiger partial charge in [-0.25, -0.2) is 9.38 Å². The summed E-state index contributed by atoms with van der Waals surface area (Å²) in [6.45, 7) is 2.90. The Morgan fingerprint density at radius 2 is 2.04 bits per heavy atom. The van der Waals surface area contributed by atoms with Gasteiger partial charge in [0.05, 0.1) is 30.8 Å². The van der Waals surface area contributed by atoms with Gasteiger partial charge in [0.2, 0.25) is 0 Å². The third-order valence-corrected chi connectivity index (χ3v) is 4.95. The molecule has 0 radical (unpaired) electrons. The van der Waals surface area contributed by atoms with Crippen LogP contribution in [-0.4, -0.2) is 50.4 Å². The fourth-order valence-corrected chi connectivity index (χ4v) is 3.27. The number of rotatable bonds is 9. The molecule has 0 aromatic heterocycles. The summed E-state index contributed by atoms with van der Waals surface area (Å²) in [6.07, 6.45) is 1.52. The monoisotopic (exact) mass is 384 g/mol. The second kappa shape index (κ2) is 10.0. The van der Waals surface area contributed by atoms with E-state index in [4.69, 9.17) is 9.05 Å². The van der Waals surface area contributed by atoms with E-state index in [2.05, 4.69) is 10.3 Å². The van der Waals surface area contributed by atoms with Gasteiger partial charge >= 0.3 is 7.60 Å². The first-order valence-electron chi connectivity index (χ1n) is 7.85. The molecule has 0 heterocycles. The Balaban J connectivity index is 2.99. The summed E-state index contributed by atoms with van der Waals surface area (Å²) in [6, 6.07) is 6.26. The minimum absolute atomic E-state index is 0.0673. The standard InChI is InChI=1S/C16H22FN4O4P/c1-5-24-26(23,25-6-2)15(17)16(22)20-13-7-8-14(12(9-13)10-18)19-11-21(3)4/h7-9,11,15H,5-6H2,1-4H3,(H,20,22). The van der Waals surface area contributed by atoms with E-state index in [1.54, 1.807) is 19.0 Å². The van der Waals surface area contributed by atoms with Gasteiger partial charge in [-0.1, -0.05) is 0 Å². The molecule has 0 bridgehead atoms. The molecule has 1 aromatic rings. The first-order chi connectivity index (χ1) is 12.3. The molecule has 0 spiro atoms. The zero-order valence-electron chi connectivity index (χ0n) is 15.1. The fraction of sp³-hybridized carbons (Fsp3) is 0.438. The van der Waals surface area contributed by atoms with Crippen LogP contribution in [0.5, 0.6) is 0 Å². The van der Waals surface area contributed by atoms with Crippen LogP contribution in [0.1, 0.15) is 19.4 Å². The van der Waals surface area contributed by atoms with Crippen molar-refractivity contribution in [3.05, 3.63) is 23.8 Å². The molecular formula is C16H22FN4O4P. The number of hydrogen-bond donors (Lipinski definition) is 1. The maximum Gasteiger partial charge on any atom is 0.374 e.